The van der Waals surface area contributed by atoms with Crippen LogP contribution in [0.15, 0.2) is 29.3 Å². The van der Waals surface area contributed by atoms with E-state index in [1.54, 1.807) is 0 Å². The van der Waals surface area contributed by atoms with Crippen molar-refractivity contribution in [3.8, 4) is 0 Å². The maximum Gasteiger partial charge on any atom is 0.191 e. The van der Waals surface area contributed by atoms with E-state index in [-0.39, 0.29) is 24.0 Å². The van der Waals surface area contributed by atoms with Crippen molar-refractivity contribution >= 4 is 29.9 Å². The van der Waals surface area contributed by atoms with Gasteiger partial charge in [-0.3, -0.25) is 9.89 Å². The fourth-order valence-corrected chi connectivity index (χ4v) is 3.35. The van der Waals surface area contributed by atoms with E-state index >= 15 is 0 Å². The summed E-state index contributed by atoms with van der Waals surface area (Å²) in [4.78, 5) is 9.41. The molecule has 1 atom stereocenters. The van der Waals surface area contributed by atoms with E-state index in [0.29, 0.717) is 12.0 Å². The molecule has 2 rings (SSSR count). The number of nitrogens with zero attached hydrogens (tertiary/aromatic N) is 3. The summed E-state index contributed by atoms with van der Waals surface area (Å²) in [5, 5.41) is 6.98. The summed E-state index contributed by atoms with van der Waals surface area (Å²) >= 11 is 0. The minimum Gasteiger partial charge on any atom is -0.355 e. The SMILES string of the molecule is CN=C(NCc1ccccc1C)NCC(C(C)C)N1CCN(C)CC1.I. The van der Waals surface area contributed by atoms with E-state index in [1.807, 2.05) is 7.05 Å². The second-order valence-corrected chi connectivity index (χ2v) is 7.38. The van der Waals surface area contributed by atoms with Crippen LogP contribution in [0, 0.1) is 12.8 Å². The van der Waals surface area contributed by atoms with E-state index < -0.39 is 0 Å². The maximum atomic E-state index is 4.39. The monoisotopic (exact) mass is 473 g/mol. The van der Waals surface area contributed by atoms with Crippen molar-refractivity contribution in [3.05, 3.63) is 35.4 Å². The summed E-state index contributed by atoms with van der Waals surface area (Å²) < 4.78 is 0. The Balaban J connectivity index is 0.00000338. The highest BCUT2D eigenvalue weighted by Gasteiger charge is 2.24. The molecule has 26 heavy (non-hydrogen) atoms. The van der Waals surface area contributed by atoms with Crippen LogP contribution >= 0.6 is 24.0 Å². The largest absolute Gasteiger partial charge is 0.355 e. The minimum atomic E-state index is 0. The molecule has 0 amide bonds. The predicted octanol–water partition coefficient (Wildman–Crippen LogP) is 2.55. The molecule has 1 aliphatic rings. The van der Waals surface area contributed by atoms with E-state index in [1.165, 1.54) is 11.1 Å². The van der Waals surface area contributed by atoms with E-state index in [4.69, 9.17) is 0 Å². The zero-order chi connectivity index (χ0) is 18.2. The van der Waals surface area contributed by atoms with Gasteiger partial charge in [-0.05, 0) is 31.0 Å². The number of guanidine groups is 1. The van der Waals surface area contributed by atoms with Gasteiger partial charge in [-0.2, -0.15) is 0 Å². The molecule has 1 aromatic carbocycles. The van der Waals surface area contributed by atoms with Crippen molar-refractivity contribution in [1.82, 2.24) is 20.4 Å². The molecular weight excluding hydrogens is 437 g/mol. The number of hydrogen-bond acceptors (Lipinski definition) is 3. The van der Waals surface area contributed by atoms with Gasteiger partial charge in [0.2, 0.25) is 0 Å². The highest BCUT2D eigenvalue weighted by Crippen LogP contribution is 2.13. The van der Waals surface area contributed by atoms with Crippen molar-refractivity contribution in [3.63, 3.8) is 0 Å². The van der Waals surface area contributed by atoms with Gasteiger partial charge in [0.15, 0.2) is 5.96 Å². The molecule has 0 aromatic heterocycles. The Hall–Kier alpha value is -0.860. The molecule has 0 spiro atoms. The smallest absolute Gasteiger partial charge is 0.191 e. The lowest BCUT2D eigenvalue weighted by molar-refractivity contribution is 0.0900. The molecular formula is C20H36IN5. The summed E-state index contributed by atoms with van der Waals surface area (Å²) in [6, 6.07) is 9.01. The molecule has 0 bridgehead atoms. The number of likely N-dealkylation sites (N-methyl/N-ethyl adjacent to an activating group) is 1. The molecule has 148 valence electrons. The molecule has 0 radical (unpaired) electrons. The van der Waals surface area contributed by atoms with Crippen molar-refractivity contribution in [2.75, 3.05) is 46.8 Å². The Morgan fingerprint density at radius 1 is 1.12 bits per heavy atom. The Kier molecular flexibility index (Phi) is 10.5. The number of benzene rings is 1. The van der Waals surface area contributed by atoms with Crippen LogP contribution in [-0.2, 0) is 6.54 Å². The lowest BCUT2D eigenvalue weighted by Gasteiger charge is -2.40. The molecule has 1 fully saturated rings. The Bertz CT molecular complexity index is 553. The van der Waals surface area contributed by atoms with Crippen molar-refractivity contribution in [1.29, 1.82) is 0 Å². The van der Waals surface area contributed by atoms with Gasteiger partial charge in [-0.1, -0.05) is 38.1 Å². The molecule has 0 aliphatic carbocycles. The van der Waals surface area contributed by atoms with Crippen molar-refractivity contribution in [2.45, 2.75) is 33.4 Å². The number of hydrogen-bond donors (Lipinski definition) is 2. The molecule has 2 N–H and O–H groups in total. The maximum absolute atomic E-state index is 4.39. The molecule has 1 aromatic rings. The number of rotatable bonds is 6. The zero-order valence-electron chi connectivity index (χ0n) is 17.0. The van der Waals surface area contributed by atoms with Gasteiger partial charge in [-0.15, -0.1) is 24.0 Å². The van der Waals surface area contributed by atoms with Crippen molar-refractivity contribution in [2.24, 2.45) is 10.9 Å². The number of aryl methyl sites for hydroxylation is 1. The topological polar surface area (TPSA) is 42.9 Å². The van der Waals surface area contributed by atoms with Crippen LogP contribution in [0.2, 0.25) is 0 Å². The summed E-state index contributed by atoms with van der Waals surface area (Å²) in [6.45, 7) is 13.1. The minimum absolute atomic E-state index is 0. The lowest BCUT2D eigenvalue weighted by atomic mass is 10.0. The average molecular weight is 473 g/mol. The first-order valence-corrected chi connectivity index (χ1v) is 9.43. The van der Waals surface area contributed by atoms with Crippen LogP contribution < -0.4 is 10.6 Å². The van der Waals surface area contributed by atoms with Crippen LogP contribution in [0.1, 0.15) is 25.0 Å². The van der Waals surface area contributed by atoms with E-state index in [2.05, 4.69) is 77.5 Å². The number of aliphatic imine (C=N–C) groups is 1. The third-order valence-electron chi connectivity index (χ3n) is 5.19. The molecule has 1 aliphatic heterocycles. The fraction of sp³-hybridized carbons (Fsp3) is 0.650. The number of halogens is 1. The molecule has 6 heteroatoms. The molecule has 1 heterocycles. The van der Waals surface area contributed by atoms with E-state index in [9.17, 15) is 0 Å². The third-order valence-corrected chi connectivity index (χ3v) is 5.19. The fourth-order valence-electron chi connectivity index (χ4n) is 3.35. The van der Waals surface area contributed by atoms with Crippen LogP contribution in [0.25, 0.3) is 0 Å². The summed E-state index contributed by atoms with van der Waals surface area (Å²) in [5.41, 5.74) is 2.62. The molecule has 5 nitrogen and oxygen atoms in total. The first-order valence-electron chi connectivity index (χ1n) is 9.43. The standard InChI is InChI=1S/C20H35N5.HI/c1-16(2)19(25-12-10-24(5)11-13-25)15-23-20(21-4)22-14-18-9-7-6-8-17(18)3;/h6-9,16,19H,10-15H2,1-5H3,(H2,21,22,23);1H. The van der Waals surface area contributed by atoms with Gasteiger partial charge >= 0.3 is 0 Å². The van der Waals surface area contributed by atoms with Crippen LogP contribution in [0.4, 0.5) is 0 Å². The normalized spacial score (nSPS) is 17.7. The molecule has 0 saturated carbocycles. The summed E-state index contributed by atoms with van der Waals surface area (Å²) in [6.07, 6.45) is 0. The van der Waals surface area contributed by atoms with Crippen LogP contribution in [-0.4, -0.2) is 68.6 Å². The highest BCUT2D eigenvalue weighted by atomic mass is 127. The number of piperazine rings is 1. The van der Waals surface area contributed by atoms with Gasteiger partial charge in [0.05, 0.1) is 0 Å². The Labute approximate surface area is 176 Å². The third kappa shape index (κ3) is 7.04. The van der Waals surface area contributed by atoms with Gasteiger partial charge < -0.3 is 15.5 Å². The van der Waals surface area contributed by atoms with Crippen LogP contribution in [0.3, 0.4) is 0 Å². The average Bonchev–Trinajstić information content (AvgIpc) is 2.60. The van der Waals surface area contributed by atoms with Gasteiger partial charge in [0.1, 0.15) is 0 Å². The molecule has 1 unspecified atom stereocenters. The number of nitrogens with one attached hydrogen (secondary N) is 2. The van der Waals surface area contributed by atoms with Gasteiger partial charge in [0, 0.05) is 52.4 Å². The van der Waals surface area contributed by atoms with Crippen LogP contribution in [0.5, 0.6) is 0 Å². The predicted molar refractivity (Wildman–Crippen MR) is 122 cm³/mol. The quantitative estimate of drug-likeness (QED) is 0.379. The molecule has 1 saturated heterocycles. The zero-order valence-corrected chi connectivity index (χ0v) is 19.3. The van der Waals surface area contributed by atoms with Crippen molar-refractivity contribution < 1.29 is 0 Å². The summed E-state index contributed by atoms with van der Waals surface area (Å²) in [5.74, 6) is 1.49. The van der Waals surface area contributed by atoms with Gasteiger partial charge in [0.25, 0.3) is 0 Å². The first kappa shape index (κ1) is 23.2. The second kappa shape index (κ2) is 11.8. The summed E-state index contributed by atoms with van der Waals surface area (Å²) in [7, 11) is 4.05. The second-order valence-electron chi connectivity index (χ2n) is 7.38. The Morgan fingerprint density at radius 3 is 2.35 bits per heavy atom. The first-order chi connectivity index (χ1) is 12.0. The highest BCUT2D eigenvalue weighted by molar-refractivity contribution is 14.0. The Morgan fingerprint density at radius 2 is 1.77 bits per heavy atom. The lowest BCUT2D eigenvalue weighted by Crippen LogP contribution is -2.55. The van der Waals surface area contributed by atoms with E-state index in [0.717, 1.165) is 45.2 Å². The van der Waals surface area contributed by atoms with Gasteiger partial charge in [-0.25, -0.2) is 0 Å².